The molecular weight excluding hydrogens is 212 g/mol. The van der Waals surface area contributed by atoms with Gasteiger partial charge in [-0.05, 0) is 38.9 Å². The zero-order valence-electron chi connectivity index (χ0n) is 11.4. The first-order chi connectivity index (χ1) is 8.17. The zero-order valence-corrected chi connectivity index (χ0v) is 11.4. The average Bonchev–Trinajstić information content (AvgIpc) is 2.75. The largest absolute Gasteiger partial charge is 0.463 e. The lowest BCUT2D eigenvalue weighted by molar-refractivity contribution is 0.191. The Bertz CT molecular complexity index is 307. The summed E-state index contributed by atoms with van der Waals surface area (Å²) < 4.78 is 5.65. The van der Waals surface area contributed by atoms with Gasteiger partial charge in [-0.1, -0.05) is 19.8 Å². The van der Waals surface area contributed by atoms with Crippen LogP contribution in [0.4, 0.5) is 0 Å². The minimum absolute atomic E-state index is 0.484. The molecule has 1 aromatic rings. The van der Waals surface area contributed by atoms with Crippen molar-refractivity contribution >= 4 is 0 Å². The van der Waals surface area contributed by atoms with Crippen LogP contribution in [0, 0.1) is 0 Å². The number of furan rings is 1. The van der Waals surface area contributed by atoms with Gasteiger partial charge in [0.25, 0.3) is 0 Å². The lowest BCUT2D eigenvalue weighted by Gasteiger charge is -2.25. The smallest absolute Gasteiger partial charge is 0.118 e. The van der Waals surface area contributed by atoms with Crippen LogP contribution in [0.25, 0.3) is 0 Å². The van der Waals surface area contributed by atoms with Crippen molar-refractivity contribution in [2.45, 2.75) is 59.2 Å². The molecule has 3 nitrogen and oxygen atoms in total. The Hall–Kier alpha value is -0.800. The number of hydrogen-bond donors (Lipinski definition) is 1. The van der Waals surface area contributed by atoms with Gasteiger partial charge in [0.2, 0.25) is 0 Å². The van der Waals surface area contributed by atoms with E-state index in [1.165, 1.54) is 19.3 Å². The second-order valence-electron chi connectivity index (χ2n) is 4.84. The van der Waals surface area contributed by atoms with E-state index in [2.05, 4.69) is 25.7 Å². The van der Waals surface area contributed by atoms with Crippen LogP contribution in [0.1, 0.15) is 51.6 Å². The van der Waals surface area contributed by atoms with E-state index in [0.717, 1.165) is 24.6 Å². The quantitative estimate of drug-likeness (QED) is 0.707. The zero-order chi connectivity index (χ0) is 12.7. The van der Waals surface area contributed by atoms with Gasteiger partial charge in [-0.15, -0.1) is 0 Å². The molecule has 0 aromatic carbocycles. The summed E-state index contributed by atoms with van der Waals surface area (Å²) in [6.07, 6.45) is 3.83. The molecule has 0 atom stereocenters. The van der Waals surface area contributed by atoms with E-state index < -0.39 is 0 Å². The Morgan fingerprint density at radius 3 is 2.47 bits per heavy atom. The third-order valence-corrected chi connectivity index (χ3v) is 3.06. The van der Waals surface area contributed by atoms with Gasteiger partial charge in [0, 0.05) is 6.04 Å². The molecule has 2 N–H and O–H groups in total. The Balaban J connectivity index is 2.47. The Morgan fingerprint density at radius 2 is 1.94 bits per heavy atom. The molecular formula is C14H26N2O. The summed E-state index contributed by atoms with van der Waals surface area (Å²) in [5.74, 6) is 1.90. The van der Waals surface area contributed by atoms with Crippen LogP contribution in [0.2, 0.25) is 0 Å². The Kier molecular flexibility index (Phi) is 6.30. The number of unbranched alkanes of at least 4 members (excludes halogenated alkanes) is 2. The molecule has 0 radical (unpaired) electrons. The van der Waals surface area contributed by atoms with Crippen LogP contribution < -0.4 is 5.73 Å². The predicted molar refractivity (Wildman–Crippen MR) is 71.7 cm³/mol. The highest BCUT2D eigenvalue weighted by molar-refractivity contribution is 5.06. The molecule has 1 heterocycles. The molecule has 3 heteroatoms. The summed E-state index contributed by atoms with van der Waals surface area (Å²) in [6, 6.07) is 4.57. The molecule has 0 fully saturated rings. The van der Waals surface area contributed by atoms with Gasteiger partial charge >= 0.3 is 0 Å². The van der Waals surface area contributed by atoms with E-state index >= 15 is 0 Å². The van der Waals surface area contributed by atoms with E-state index in [4.69, 9.17) is 10.2 Å². The van der Waals surface area contributed by atoms with E-state index in [1.54, 1.807) is 0 Å². The average molecular weight is 238 g/mol. The van der Waals surface area contributed by atoms with Crippen LogP contribution in [0.5, 0.6) is 0 Å². The molecule has 98 valence electrons. The van der Waals surface area contributed by atoms with Crippen molar-refractivity contribution in [2.75, 3.05) is 6.54 Å². The molecule has 17 heavy (non-hydrogen) atoms. The van der Waals surface area contributed by atoms with E-state index in [9.17, 15) is 0 Å². The Morgan fingerprint density at radius 1 is 1.24 bits per heavy atom. The lowest BCUT2D eigenvalue weighted by atomic mass is 10.2. The molecule has 0 aliphatic carbocycles. The summed E-state index contributed by atoms with van der Waals surface area (Å²) in [5.41, 5.74) is 5.54. The maximum absolute atomic E-state index is 5.65. The van der Waals surface area contributed by atoms with Gasteiger partial charge in [-0.2, -0.15) is 0 Å². The van der Waals surface area contributed by atoms with Gasteiger partial charge in [-0.3, -0.25) is 4.90 Å². The fourth-order valence-corrected chi connectivity index (χ4v) is 1.90. The van der Waals surface area contributed by atoms with Gasteiger partial charge < -0.3 is 10.2 Å². The second-order valence-corrected chi connectivity index (χ2v) is 4.84. The maximum atomic E-state index is 5.65. The summed E-state index contributed by atoms with van der Waals surface area (Å²) >= 11 is 0. The predicted octanol–water partition coefficient (Wildman–Crippen LogP) is 3.14. The first-order valence-electron chi connectivity index (χ1n) is 6.69. The summed E-state index contributed by atoms with van der Waals surface area (Å²) in [7, 11) is 0. The fraction of sp³-hybridized carbons (Fsp3) is 0.714. The third kappa shape index (κ3) is 4.92. The van der Waals surface area contributed by atoms with Crippen molar-refractivity contribution < 1.29 is 4.42 Å². The van der Waals surface area contributed by atoms with Crippen molar-refractivity contribution in [2.24, 2.45) is 5.73 Å². The molecule has 1 aromatic heterocycles. The highest BCUT2D eigenvalue weighted by atomic mass is 16.3. The number of rotatable bonds is 8. The van der Waals surface area contributed by atoms with Crippen molar-refractivity contribution in [3.05, 3.63) is 23.7 Å². The number of nitrogens with zero attached hydrogens (tertiary/aromatic N) is 1. The highest BCUT2D eigenvalue weighted by Gasteiger charge is 2.11. The van der Waals surface area contributed by atoms with Crippen LogP contribution >= 0.6 is 0 Å². The van der Waals surface area contributed by atoms with E-state index in [-0.39, 0.29) is 0 Å². The van der Waals surface area contributed by atoms with Crippen LogP contribution in [0.15, 0.2) is 16.5 Å². The summed E-state index contributed by atoms with van der Waals surface area (Å²) in [5, 5.41) is 0. The number of hydrogen-bond acceptors (Lipinski definition) is 3. The molecule has 0 bridgehead atoms. The van der Waals surface area contributed by atoms with Crippen LogP contribution in [0.3, 0.4) is 0 Å². The minimum atomic E-state index is 0.484. The molecule has 1 rings (SSSR count). The summed E-state index contributed by atoms with van der Waals surface area (Å²) in [4.78, 5) is 2.45. The van der Waals surface area contributed by atoms with Gasteiger partial charge in [0.05, 0.1) is 13.1 Å². The highest BCUT2D eigenvalue weighted by Crippen LogP contribution is 2.13. The lowest BCUT2D eigenvalue weighted by Crippen LogP contribution is -2.31. The van der Waals surface area contributed by atoms with Gasteiger partial charge in [0.1, 0.15) is 11.5 Å². The van der Waals surface area contributed by atoms with Crippen molar-refractivity contribution in [1.29, 1.82) is 0 Å². The molecule has 0 saturated heterocycles. The van der Waals surface area contributed by atoms with Crippen molar-refractivity contribution in [3.8, 4) is 0 Å². The second kappa shape index (κ2) is 7.51. The molecule has 0 aliphatic heterocycles. The molecule has 0 unspecified atom stereocenters. The molecule has 0 amide bonds. The number of nitrogens with two attached hydrogens (primary N) is 1. The van der Waals surface area contributed by atoms with Gasteiger partial charge in [0.15, 0.2) is 0 Å². The summed E-state index contributed by atoms with van der Waals surface area (Å²) in [6.45, 7) is 9.22. The fourth-order valence-electron chi connectivity index (χ4n) is 1.90. The van der Waals surface area contributed by atoms with Crippen molar-refractivity contribution in [1.82, 2.24) is 4.90 Å². The first-order valence-corrected chi connectivity index (χ1v) is 6.69. The van der Waals surface area contributed by atoms with E-state index in [0.29, 0.717) is 12.6 Å². The van der Waals surface area contributed by atoms with Crippen LogP contribution in [-0.2, 0) is 13.1 Å². The topological polar surface area (TPSA) is 42.4 Å². The monoisotopic (exact) mass is 238 g/mol. The normalized spacial score (nSPS) is 11.6. The maximum Gasteiger partial charge on any atom is 0.118 e. The minimum Gasteiger partial charge on any atom is -0.463 e. The van der Waals surface area contributed by atoms with Crippen molar-refractivity contribution in [3.63, 3.8) is 0 Å². The molecule has 0 saturated carbocycles. The first kappa shape index (κ1) is 14.3. The standard InChI is InChI=1S/C14H26N2O/c1-4-5-6-9-16(12(2)3)11-14-8-7-13(10-15)17-14/h7-8,12H,4-6,9-11,15H2,1-3H3. The molecule has 0 spiro atoms. The third-order valence-electron chi connectivity index (χ3n) is 3.06. The van der Waals surface area contributed by atoms with Crippen LogP contribution in [-0.4, -0.2) is 17.5 Å². The molecule has 0 aliphatic rings. The SMILES string of the molecule is CCCCCN(Cc1ccc(CN)o1)C(C)C. The van der Waals surface area contributed by atoms with E-state index in [1.807, 2.05) is 12.1 Å². The Labute approximate surface area is 105 Å². The van der Waals surface area contributed by atoms with Gasteiger partial charge in [-0.25, -0.2) is 0 Å².